The molecule has 25 heavy (non-hydrogen) atoms. The summed E-state index contributed by atoms with van der Waals surface area (Å²) in [7, 11) is -3.36. The van der Waals surface area contributed by atoms with E-state index in [0.29, 0.717) is 0 Å². The molecule has 11 heteroatoms. The summed E-state index contributed by atoms with van der Waals surface area (Å²) in [6.07, 6.45) is 0. The molecule has 1 aromatic carbocycles. The molecule has 0 bridgehead atoms. The van der Waals surface area contributed by atoms with Crippen LogP contribution >= 0.6 is 0 Å². The minimum absolute atomic E-state index is 0.000735. The van der Waals surface area contributed by atoms with Crippen molar-refractivity contribution in [2.24, 2.45) is 0 Å². The molecule has 10 nitrogen and oxygen atoms in total. The van der Waals surface area contributed by atoms with Crippen molar-refractivity contribution in [1.82, 2.24) is 4.90 Å². The van der Waals surface area contributed by atoms with Crippen molar-refractivity contribution in [1.29, 1.82) is 0 Å². The summed E-state index contributed by atoms with van der Waals surface area (Å²) in [5.74, 6) is -1.90. The molecule has 0 spiro atoms. The largest absolute Gasteiger partial charge is 0.506 e. The number of carbonyl (C=O) groups is 2. The van der Waals surface area contributed by atoms with E-state index in [1.54, 1.807) is 0 Å². The van der Waals surface area contributed by atoms with Crippen LogP contribution in [0.4, 0.5) is 5.69 Å². The van der Waals surface area contributed by atoms with E-state index in [1.807, 2.05) is 0 Å². The number of benzene rings is 1. The Hall–Kier alpha value is -2.63. The van der Waals surface area contributed by atoms with Crippen LogP contribution in [0.2, 0.25) is 0 Å². The van der Waals surface area contributed by atoms with Gasteiger partial charge in [-0.05, 0) is 12.1 Å². The van der Waals surface area contributed by atoms with Gasteiger partial charge in [-0.1, -0.05) is 0 Å². The zero-order valence-corrected chi connectivity index (χ0v) is 13.9. The van der Waals surface area contributed by atoms with Gasteiger partial charge in [-0.25, -0.2) is 4.79 Å². The van der Waals surface area contributed by atoms with Crippen LogP contribution in [0.25, 0.3) is 0 Å². The van der Waals surface area contributed by atoms with Crippen molar-refractivity contribution in [3.8, 4) is 5.75 Å². The predicted molar refractivity (Wildman–Crippen MR) is 84.3 cm³/mol. The Bertz CT molecular complexity index is 846. The number of ether oxygens (including phenoxy) is 1. The quantitative estimate of drug-likeness (QED) is 0.289. The molecule has 1 heterocycles. The molecule has 0 unspecified atom stereocenters. The second-order valence-corrected chi connectivity index (χ2v) is 6.50. The molecule has 0 aromatic heterocycles. The van der Waals surface area contributed by atoms with Gasteiger partial charge in [0, 0.05) is 12.6 Å². The average molecular weight is 372 g/mol. The molecule has 0 radical (unpaired) electrons. The highest BCUT2D eigenvalue weighted by atomic mass is 32.2. The molecule has 1 aliphatic rings. The topological polar surface area (TPSA) is 153 Å². The number of amides is 1. The lowest BCUT2D eigenvalue weighted by molar-refractivity contribution is -0.136. The van der Waals surface area contributed by atoms with Gasteiger partial charge < -0.3 is 25.2 Å². The molecule has 1 aliphatic heterocycles. The zero-order valence-electron chi connectivity index (χ0n) is 13.1. The molecule has 136 valence electrons. The van der Waals surface area contributed by atoms with Gasteiger partial charge in [0.1, 0.15) is 11.4 Å². The number of aromatic hydroxyl groups is 1. The third kappa shape index (κ3) is 3.90. The summed E-state index contributed by atoms with van der Waals surface area (Å²) in [4.78, 5) is 24.9. The van der Waals surface area contributed by atoms with Crippen molar-refractivity contribution in [3.05, 3.63) is 29.5 Å². The van der Waals surface area contributed by atoms with Crippen LogP contribution in [0.15, 0.2) is 34.4 Å². The summed E-state index contributed by atoms with van der Waals surface area (Å²) in [5.41, 5.74) is -0.211. The predicted octanol–water partition coefficient (Wildman–Crippen LogP) is -0.688. The number of aliphatic hydroxyl groups excluding tert-OH is 1. The number of phenols is 1. The van der Waals surface area contributed by atoms with Crippen LogP contribution in [-0.4, -0.2) is 66.8 Å². The number of phenolic OH excluding ortho intramolecular Hbond substituents is 1. The lowest BCUT2D eigenvalue weighted by atomic mass is 10.2. The first-order valence-electron chi connectivity index (χ1n) is 6.98. The summed E-state index contributed by atoms with van der Waals surface area (Å²) in [6.45, 7) is -0.391. The molecule has 0 saturated heterocycles. The smallest absolute Gasteiger partial charge is 0.337 e. The lowest BCUT2D eigenvalue weighted by Crippen LogP contribution is -2.31. The Morgan fingerprint density at radius 2 is 2.08 bits per heavy atom. The molecular formula is C14H16N2O8S. The number of anilines is 1. The molecule has 4 N–H and O–H groups in total. The van der Waals surface area contributed by atoms with Crippen molar-refractivity contribution >= 4 is 27.7 Å². The Balaban J connectivity index is 2.38. The van der Waals surface area contributed by atoms with Crippen molar-refractivity contribution in [3.63, 3.8) is 0 Å². The minimum atomic E-state index is -4.50. The molecule has 1 amide bonds. The van der Waals surface area contributed by atoms with Crippen LogP contribution < -0.4 is 5.32 Å². The first kappa shape index (κ1) is 18.7. The van der Waals surface area contributed by atoms with E-state index in [-0.39, 0.29) is 36.7 Å². The maximum atomic E-state index is 12.3. The Kier molecular flexibility index (Phi) is 5.30. The van der Waals surface area contributed by atoms with E-state index in [4.69, 9.17) is 9.66 Å². The summed E-state index contributed by atoms with van der Waals surface area (Å²) >= 11 is 0. The number of hydrogen-bond donors (Lipinski definition) is 4. The van der Waals surface area contributed by atoms with Crippen LogP contribution in [0.5, 0.6) is 5.75 Å². The number of nitrogens with zero attached hydrogens (tertiary/aromatic N) is 1. The van der Waals surface area contributed by atoms with Gasteiger partial charge in [-0.15, -0.1) is 0 Å². The van der Waals surface area contributed by atoms with E-state index >= 15 is 0 Å². The van der Waals surface area contributed by atoms with Gasteiger partial charge in [0.15, 0.2) is 0 Å². The molecule has 0 saturated carbocycles. The molecule has 0 aliphatic carbocycles. The highest BCUT2D eigenvalue weighted by molar-refractivity contribution is 7.85. The first-order chi connectivity index (χ1) is 11.7. The third-order valence-corrected chi connectivity index (χ3v) is 4.33. The van der Waals surface area contributed by atoms with Crippen LogP contribution in [0.3, 0.4) is 0 Å². The van der Waals surface area contributed by atoms with Gasteiger partial charge in [0.2, 0.25) is 0 Å². The third-order valence-electron chi connectivity index (χ3n) is 3.48. The highest BCUT2D eigenvalue weighted by Crippen LogP contribution is 2.30. The Labute approximate surface area is 143 Å². The van der Waals surface area contributed by atoms with E-state index in [0.717, 1.165) is 25.3 Å². The normalized spacial score (nSPS) is 14.8. The Morgan fingerprint density at radius 3 is 2.60 bits per heavy atom. The molecule has 0 fully saturated rings. The number of hydrogen-bond acceptors (Lipinski definition) is 8. The number of rotatable bonds is 6. The number of methoxy groups -OCH3 is 1. The second-order valence-electron chi connectivity index (χ2n) is 5.07. The van der Waals surface area contributed by atoms with E-state index in [1.165, 1.54) is 4.90 Å². The monoisotopic (exact) mass is 372 g/mol. The van der Waals surface area contributed by atoms with Gasteiger partial charge in [-0.3, -0.25) is 9.35 Å². The fraction of sp³-hybridized carbons (Fsp3) is 0.286. The van der Waals surface area contributed by atoms with Crippen molar-refractivity contribution in [2.75, 3.05) is 32.1 Å². The van der Waals surface area contributed by atoms with Crippen molar-refractivity contribution in [2.45, 2.75) is 4.90 Å². The van der Waals surface area contributed by atoms with Crippen LogP contribution in [0.1, 0.15) is 0 Å². The number of carbonyl (C=O) groups excluding carboxylic acids is 2. The molecule has 2 rings (SSSR count). The van der Waals surface area contributed by atoms with E-state index in [2.05, 4.69) is 10.1 Å². The number of nitrogens with one attached hydrogen (secondary N) is 1. The lowest BCUT2D eigenvalue weighted by Gasteiger charge is -2.15. The maximum Gasteiger partial charge on any atom is 0.337 e. The summed E-state index contributed by atoms with van der Waals surface area (Å²) < 4.78 is 35.7. The van der Waals surface area contributed by atoms with Gasteiger partial charge in [0.05, 0.1) is 36.4 Å². The van der Waals surface area contributed by atoms with Crippen LogP contribution in [-0.2, 0) is 24.4 Å². The van der Waals surface area contributed by atoms with Gasteiger partial charge in [-0.2, -0.15) is 8.42 Å². The zero-order chi connectivity index (χ0) is 18.8. The summed E-state index contributed by atoms with van der Waals surface area (Å²) in [5, 5.41) is 21.5. The minimum Gasteiger partial charge on any atom is -0.506 e. The first-order valence-corrected chi connectivity index (χ1v) is 8.42. The average Bonchev–Trinajstić information content (AvgIpc) is 2.85. The van der Waals surface area contributed by atoms with Crippen LogP contribution in [0, 0.1) is 0 Å². The van der Waals surface area contributed by atoms with Gasteiger partial charge >= 0.3 is 5.97 Å². The number of esters is 1. The van der Waals surface area contributed by atoms with E-state index < -0.39 is 32.6 Å². The number of β-amino-alcohol motifs (C(OH)–C–C–N with tert-alkyl or cyclic N) is 1. The maximum absolute atomic E-state index is 12.3. The molecular weight excluding hydrogens is 356 g/mol. The Morgan fingerprint density at radius 1 is 1.40 bits per heavy atom. The second kappa shape index (κ2) is 7.09. The molecule has 1 aromatic rings. The fourth-order valence-electron chi connectivity index (χ4n) is 2.26. The van der Waals surface area contributed by atoms with Crippen molar-refractivity contribution < 1.29 is 37.5 Å². The summed E-state index contributed by atoms with van der Waals surface area (Å²) in [6, 6.07) is 2.93. The van der Waals surface area contributed by atoms with E-state index in [9.17, 15) is 23.1 Å². The SMILES string of the molecule is COC(=O)C1=C(Nc2ccc(S(=O)(=O)O)cc2O)C(=O)N(CCO)C1. The standard InChI is InChI=1S/C14H16N2O8S/c1-24-14(20)9-7-16(4-5-17)13(19)12(9)15-10-3-2-8(6-11(10)18)25(21,22)23/h2-3,6,15,17-18H,4-5,7H2,1H3,(H,21,22,23). The molecule has 0 atom stereocenters. The number of aliphatic hydroxyl groups is 1. The highest BCUT2D eigenvalue weighted by Gasteiger charge is 2.34. The fourth-order valence-corrected chi connectivity index (χ4v) is 2.76. The van der Waals surface area contributed by atoms with Gasteiger partial charge in [0.25, 0.3) is 16.0 Å².